The molecule has 0 heterocycles. The van der Waals surface area contributed by atoms with Gasteiger partial charge in [0.2, 0.25) is 0 Å². The number of nitriles is 1. The van der Waals surface area contributed by atoms with Crippen LogP contribution < -0.4 is 0 Å². The number of hydrogen-bond donors (Lipinski definition) is 1. The maximum Gasteiger partial charge on any atom is 0.178 e. The molecule has 28 heavy (non-hydrogen) atoms. The molecule has 0 spiro atoms. The van der Waals surface area contributed by atoms with Gasteiger partial charge in [-0.05, 0) is 68.8 Å². The van der Waals surface area contributed by atoms with E-state index in [1.54, 1.807) is 35.7 Å². The fourth-order valence-electron chi connectivity index (χ4n) is 6.94. The molecule has 4 rings (SSSR count). The van der Waals surface area contributed by atoms with Gasteiger partial charge in [0, 0.05) is 11.3 Å². The zero-order valence-corrected chi connectivity index (χ0v) is 18.3. The Morgan fingerprint density at radius 2 is 2.11 bits per heavy atom. The van der Waals surface area contributed by atoms with E-state index >= 15 is 4.39 Å². The van der Waals surface area contributed by atoms with E-state index in [-0.39, 0.29) is 27.1 Å². The molecule has 3 fully saturated rings. The van der Waals surface area contributed by atoms with Gasteiger partial charge < -0.3 is 5.11 Å². The minimum atomic E-state index is -1.76. The third kappa shape index (κ3) is 2.36. The number of aliphatic hydroxyl groups is 1. The molecule has 4 aliphatic rings. The highest BCUT2D eigenvalue weighted by Crippen LogP contribution is 2.73. The molecule has 3 saturated carbocycles. The lowest BCUT2D eigenvalue weighted by Gasteiger charge is -2.63. The van der Waals surface area contributed by atoms with Gasteiger partial charge >= 0.3 is 0 Å². The summed E-state index contributed by atoms with van der Waals surface area (Å²) in [6.07, 6.45) is 9.41. The van der Waals surface area contributed by atoms with Gasteiger partial charge in [-0.25, -0.2) is 4.39 Å². The van der Waals surface area contributed by atoms with Crippen LogP contribution in [-0.2, 0) is 4.79 Å². The molecule has 0 aromatic heterocycles. The van der Waals surface area contributed by atoms with Crippen LogP contribution in [0.15, 0.2) is 23.8 Å². The molecule has 6 heteroatoms. The number of allylic oxidation sites excluding steroid dienone is 4. The standard InChI is InChI=1S/C22H28FNO2S2/c1-19-8-6-15(25)12-14(19)4-5-17-16-7-9-21(27-3,28-11-10-24)20(16,2)13-18(26)22(17,19)23/h6,8,12,16-18,26H,4-5,7,9,11,13H2,1-3H3/t16-,17-,18-,19-,20-,21-,22?/m0/s1. The molecular formula is C22H28FNO2S2. The van der Waals surface area contributed by atoms with Gasteiger partial charge in [-0.15, -0.1) is 23.5 Å². The van der Waals surface area contributed by atoms with E-state index in [1.807, 2.05) is 6.92 Å². The van der Waals surface area contributed by atoms with E-state index in [0.29, 0.717) is 25.0 Å². The lowest BCUT2D eigenvalue weighted by molar-refractivity contribution is -0.189. The second-order valence-corrected chi connectivity index (χ2v) is 11.8. The minimum absolute atomic E-state index is 0.0835. The smallest absolute Gasteiger partial charge is 0.178 e. The minimum Gasteiger partial charge on any atom is -0.390 e. The first kappa shape index (κ1) is 20.5. The van der Waals surface area contributed by atoms with Gasteiger partial charge in [0.05, 0.1) is 22.0 Å². The topological polar surface area (TPSA) is 61.1 Å². The Kier molecular flexibility index (Phi) is 4.85. The normalized spacial score (nSPS) is 49.6. The summed E-state index contributed by atoms with van der Waals surface area (Å²) in [5.41, 5.74) is -2.07. The quantitative estimate of drug-likeness (QED) is 0.671. The average Bonchev–Trinajstić information content (AvgIpc) is 2.94. The number of rotatable bonds is 3. The highest BCUT2D eigenvalue weighted by molar-refractivity contribution is 8.18. The van der Waals surface area contributed by atoms with Crippen LogP contribution in [0.1, 0.15) is 46.0 Å². The molecule has 152 valence electrons. The largest absolute Gasteiger partial charge is 0.390 e. The van der Waals surface area contributed by atoms with E-state index < -0.39 is 17.2 Å². The number of ketones is 1. The molecule has 3 nitrogen and oxygen atoms in total. The van der Waals surface area contributed by atoms with Gasteiger partial charge in [-0.3, -0.25) is 4.79 Å². The van der Waals surface area contributed by atoms with Crippen LogP contribution in [0, 0.1) is 34.0 Å². The molecule has 7 atom stereocenters. The third-order valence-electron chi connectivity index (χ3n) is 8.39. The Balaban J connectivity index is 1.78. The first-order chi connectivity index (χ1) is 13.2. The molecule has 1 unspecified atom stereocenters. The van der Waals surface area contributed by atoms with Crippen molar-refractivity contribution in [2.24, 2.45) is 22.7 Å². The Morgan fingerprint density at radius 3 is 2.79 bits per heavy atom. The predicted octanol–water partition coefficient (Wildman–Crippen LogP) is 4.67. The van der Waals surface area contributed by atoms with E-state index in [4.69, 9.17) is 5.26 Å². The highest BCUT2D eigenvalue weighted by Gasteiger charge is 2.73. The number of hydrogen-bond acceptors (Lipinski definition) is 5. The first-order valence-electron chi connectivity index (χ1n) is 10.1. The van der Waals surface area contributed by atoms with Gasteiger partial charge in [-0.1, -0.05) is 18.6 Å². The molecule has 0 saturated heterocycles. The van der Waals surface area contributed by atoms with E-state index in [1.165, 1.54) is 6.08 Å². The summed E-state index contributed by atoms with van der Waals surface area (Å²) in [5, 5.41) is 20.4. The summed E-state index contributed by atoms with van der Waals surface area (Å²) in [7, 11) is 0. The Hall–Kier alpha value is -0.770. The molecule has 1 N–H and O–H groups in total. The average molecular weight is 422 g/mol. The molecule has 0 amide bonds. The number of carbonyl (C=O) groups is 1. The number of carbonyl (C=O) groups excluding carboxylic acids is 1. The molecular weight excluding hydrogens is 393 g/mol. The summed E-state index contributed by atoms with van der Waals surface area (Å²) >= 11 is 3.45. The molecule has 0 radical (unpaired) electrons. The molecule has 0 aromatic carbocycles. The van der Waals surface area contributed by atoms with Crippen molar-refractivity contribution in [1.29, 1.82) is 5.26 Å². The highest BCUT2D eigenvalue weighted by atomic mass is 32.2. The Bertz CT molecular complexity index is 807. The van der Waals surface area contributed by atoms with Crippen molar-refractivity contribution < 1.29 is 14.3 Å². The van der Waals surface area contributed by atoms with Crippen LogP contribution in [0.25, 0.3) is 0 Å². The summed E-state index contributed by atoms with van der Waals surface area (Å²) in [5.74, 6) is 0.266. The Labute approximate surface area is 175 Å². The van der Waals surface area contributed by atoms with Crippen molar-refractivity contribution in [3.05, 3.63) is 23.8 Å². The zero-order valence-electron chi connectivity index (χ0n) is 16.7. The lowest BCUT2D eigenvalue weighted by atomic mass is 9.46. The monoisotopic (exact) mass is 421 g/mol. The molecule has 0 bridgehead atoms. The number of fused-ring (bicyclic) bond motifs is 5. The van der Waals surface area contributed by atoms with Gasteiger partial charge in [0.25, 0.3) is 0 Å². The van der Waals surface area contributed by atoms with Crippen molar-refractivity contribution in [3.63, 3.8) is 0 Å². The molecule has 4 aliphatic carbocycles. The van der Waals surface area contributed by atoms with Crippen molar-refractivity contribution >= 4 is 29.3 Å². The number of aliphatic hydroxyl groups excluding tert-OH is 1. The fraction of sp³-hybridized carbons (Fsp3) is 0.727. The van der Waals surface area contributed by atoms with Gasteiger partial charge in [0.1, 0.15) is 0 Å². The number of alkyl halides is 1. The predicted molar refractivity (Wildman–Crippen MR) is 113 cm³/mol. The second kappa shape index (κ2) is 6.62. The number of thioether (sulfide) groups is 2. The molecule has 0 aliphatic heterocycles. The fourth-order valence-corrected chi connectivity index (χ4v) is 9.73. The lowest BCUT2D eigenvalue weighted by Crippen LogP contribution is -2.67. The van der Waals surface area contributed by atoms with Crippen LogP contribution in [0.4, 0.5) is 4.39 Å². The second-order valence-electron chi connectivity index (χ2n) is 9.21. The first-order valence-corrected chi connectivity index (χ1v) is 12.3. The van der Waals surface area contributed by atoms with E-state index in [0.717, 1.165) is 18.4 Å². The maximum absolute atomic E-state index is 17.0. The Morgan fingerprint density at radius 1 is 1.36 bits per heavy atom. The summed E-state index contributed by atoms with van der Waals surface area (Å²) in [6, 6.07) is 2.25. The molecule has 0 aromatic rings. The van der Waals surface area contributed by atoms with Crippen molar-refractivity contribution in [2.45, 2.75) is 61.8 Å². The van der Waals surface area contributed by atoms with Crippen LogP contribution in [0.2, 0.25) is 0 Å². The van der Waals surface area contributed by atoms with E-state index in [9.17, 15) is 9.90 Å². The maximum atomic E-state index is 17.0. The number of nitrogens with zero attached hydrogens (tertiary/aromatic N) is 1. The van der Waals surface area contributed by atoms with Crippen LogP contribution in [0.5, 0.6) is 0 Å². The summed E-state index contributed by atoms with van der Waals surface area (Å²) in [6.45, 7) is 4.07. The summed E-state index contributed by atoms with van der Waals surface area (Å²) in [4.78, 5) is 11.9. The zero-order chi connectivity index (χ0) is 20.4. The number of halogens is 1. The third-order valence-corrected chi connectivity index (χ3v) is 12.0. The van der Waals surface area contributed by atoms with E-state index in [2.05, 4.69) is 19.2 Å². The summed E-state index contributed by atoms with van der Waals surface area (Å²) < 4.78 is 16.8. The van der Waals surface area contributed by atoms with Crippen molar-refractivity contribution in [3.8, 4) is 6.07 Å². The van der Waals surface area contributed by atoms with Crippen molar-refractivity contribution in [2.75, 3.05) is 12.0 Å². The van der Waals surface area contributed by atoms with Crippen LogP contribution in [-0.4, -0.2) is 38.8 Å². The SMILES string of the molecule is CS[C@]1(SCC#N)CC[C@H]2[C@@H]3CCC4=CC(=O)C=C[C@]4(C)C3(F)[C@@H](O)C[C@@]21C. The van der Waals surface area contributed by atoms with Crippen LogP contribution >= 0.6 is 23.5 Å². The van der Waals surface area contributed by atoms with Crippen molar-refractivity contribution in [1.82, 2.24) is 0 Å². The van der Waals surface area contributed by atoms with Gasteiger partial charge in [0.15, 0.2) is 11.5 Å². The van der Waals surface area contributed by atoms with Gasteiger partial charge in [-0.2, -0.15) is 5.26 Å². The van der Waals surface area contributed by atoms with Crippen LogP contribution in [0.3, 0.4) is 0 Å².